The molecule has 4 heteroatoms. The first-order valence-corrected chi connectivity index (χ1v) is 14.2. The molecule has 0 amide bonds. The SMILES string of the molecule is CCOO[Si](C)(C)C1CCCCCCCCCN1CC1CCCCC1. The van der Waals surface area contributed by atoms with E-state index < -0.39 is 8.32 Å². The fourth-order valence-corrected chi connectivity index (χ4v) is 7.39. The number of hydrogen-bond donors (Lipinski definition) is 0. The second kappa shape index (κ2) is 11.7. The third-order valence-electron chi connectivity index (χ3n) is 6.28. The molecule has 2 aliphatic rings. The van der Waals surface area contributed by atoms with Gasteiger partial charge in [0.1, 0.15) is 0 Å². The van der Waals surface area contributed by atoms with Crippen molar-refractivity contribution >= 4 is 8.32 Å². The molecule has 0 aromatic carbocycles. The molecule has 0 N–H and O–H groups in total. The summed E-state index contributed by atoms with van der Waals surface area (Å²) in [5, 5.41) is 0. The molecular formula is C21H43NO2Si. The second-order valence-electron chi connectivity index (χ2n) is 8.87. The predicted molar refractivity (Wildman–Crippen MR) is 109 cm³/mol. The van der Waals surface area contributed by atoms with Gasteiger partial charge in [-0.25, -0.2) is 4.89 Å². The van der Waals surface area contributed by atoms with Gasteiger partial charge in [0.2, 0.25) is 8.32 Å². The van der Waals surface area contributed by atoms with E-state index in [4.69, 9.17) is 9.46 Å². The third-order valence-corrected chi connectivity index (χ3v) is 9.08. The zero-order chi connectivity index (χ0) is 18.0. The Labute approximate surface area is 157 Å². The highest BCUT2D eigenvalue weighted by atomic mass is 28.4. The summed E-state index contributed by atoms with van der Waals surface area (Å²) in [5.74, 6) is 0.915. The van der Waals surface area contributed by atoms with Gasteiger partial charge in [-0.05, 0) is 58.2 Å². The molecule has 2 rings (SSSR count). The van der Waals surface area contributed by atoms with Crippen LogP contribution in [0.1, 0.15) is 90.4 Å². The number of rotatable bonds is 6. The Morgan fingerprint density at radius 3 is 2.04 bits per heavy atom. The molecular weight excluding hydrogens is 326 g/mol. The lowest BCUT2D eigenvalue weighted by Crippen LogP contribution is -2.56. The number of nitrogens with zero attached hydrogens (tertiary/aromatic N) is 1. The maximum atomic E-state index is 6.03. The van der Waals surface area contributed by atoms with E-state index in [1.165, 1.54) is 96.6 Å². The molecule has 3 nitrogen and oxygen atoms in total. The predicted octanol–water partition coefficient (Wildman–Crippen LogP) is 6.08. The van der Waals surface area contributed by atoms with Gasteiger partial charge in [-0.3, -0.25) is 4.58 Å². The lowest BCUT2D eigenvalue weighted by molar-refractivity contribution is -0.217. The molecule has 1 unspecified atom stereocenters. The van der Waals surface area contributed by atoms with Gasteiger partial charge in [0, 0.05) is 12.2 Å². The highest BCUT2D eigenvalue weighted by Crippen LogP contribution is 2.29. The van der Waals surface area contributed by atoms with E-state index in [1.807, 2.05) is 6.92 Å². The molecule has 2 fully saturated rings. The summed E-state index contributed by atoms with van der Waals surface area (Å²) in [7, 11) is -1.88. The summed E-state index contributed by atoms with van der Waals surface area (Å²) in [6, 6.07) is 0. The maximum Gasteiger partial charge on any atom is 0.249 e. The largest absolute Gasteiger partial charge is 0.300 e. The van der Waals surface area contributed by atoms with Crippen LogP contribution in [0.15, 0.2) is 0 Å². The Morgan fingerprint density at radius 2 is 1.36 bits per heavy atom. The van der Waals surface area contributed by atoms with Gasteiger partial charge in [-0.15, -0.1) is 0 Å². The molecule has 1 heterocycles. The molecule has 0 radical (unpaired) electrons. The van der Waals surface area contributed by atoms with Crippen molar-refractivity contribution in [3.63, 3.8) is 0 Å². The van der Waals surface area contributed by atoms with Gasteiger partial charge in [-0.1, -0.05) is 57.8 Å². The smallest absolute Gasteiger partial charge is 0.249 e. The van der Waals surface area contributed by atoms with Gasteiger partial charge < -0.3 is 4.90 Å². The Morgan fingerprint density at radius 1 is 0.800 bits per heavy atom. The Balaban J connectivity index is 2.07. The van der Waals surface area contributed by atoms with Crippen LogP contribution < -0.4 is 0 Å². The minimum atomic E-state index is -1.88. The van der Waals surface area contributed by atoms with E-state index in [-0.39, 0.29) is 0 Å². The summed E-state index contributed by atoms with van der Waals surface area (Å²) < 4.78 is 6.03. The highest BCUT2D eigenvalue weighted by Gasteiger charge is 2.40. The zero-order valence-corrected chi connectivity index (χ0v) is 18.2. The fraction of sp³-hybridized carbons (Fsp3) is 1.00. The monoisotopic (exact) mass is 369 g/mol. The van der Waals surface area contributed by atoms with Crippen molar-refractivity contribution in [1.29, 1.82) is 0 Å². The first-order chi connectivity index (χ1) is 12.1. The van der Waals surface area contributed by atoms with Crippen LogP contribution in [0.2, 0.25) is 13.1 Å². The van der Waals surface area contributed by atoms with Gasteiger partial charge in [-0.2, -0.15) is 0 Å². The molecule has 1 saturated heterocycles. The van der Waals surface area contributed by atoms with Crippen molar-refractivity contribution in [1.82, 2.24) is 4.90 Å². The van der Waals surface area contributed by atoms with E-state index in [1.54, 1.807) is 0 Å². The molecule has 0 spiro atoms. The Hall–Kier alpha value is 0.0969. The van der Waals surface area contributed by atoms with Crippen molar-refractivity contribution in [2.24, 2.45) is 5.92 Å². The van der Waals surface area contributed by atoms with Crippen LogP contribution in [0.4, 0.5) is 0 Å². The Kier molecular flexibility index (Phi) is 10.0. The van der Waals surface area contributed by atoms with Crippen LogP contribution in [0, 0.1) is 5.92 Å². The van der Waals surface area contributed by atoms with Crippen LogP contribution in [0.25, 0.3) is 0 Å². The highest BCUT2D eigenvalue weighted by molar-refractivity contribution is 6.72. The van der Waals surface area contributed by atoms with E-state index in [0.717, 1.165) is 5.92 Å². The molecule has 0 aromatic heterocycles. The summed E-state index contributed by atoms with van der Waals surface area (Å²) in [6.07, 6.45) is 18.3. The van der Waals surface area contributed by atoms with Crippen LogP contribution in [0.5, 0.6) is 0 Å². The summed E-state index contributed by atoms with van der Waals surface area (Å²) in [4.78, 5) is 8.33. The molecule has 25 heavy (non-hydrogen) atoms. The van der Waals surface area contributed by atoms with Crippen LogP contribution in [0.3, 0.4) is 0 Å². The van der Waals surface area contributed by atoms with Crippen molar-refractivity contribution in [2.75, 3.05) is 19.7 Å². The molecule has 148 valence electrons. The van der Waals surface area contributed by atoms with Crippen molar-refractivity contribution in [3.05, 3.63) is 0 Å². The van der Waals surface area contributed by atoms with E-state index in [0.29, 0.717) is 12.3 Å². The minimum Gasteiger partial charge on any atom is -0.300 e. The quantitative estimate of drug-likeness (QED) is 0.321. The van der Waals surface area contributed by atoms with E-state index >= 15 is 0 Å². The van der Waals surface area contributed by atoms with Crippen molar-refractivity contribution in [3.8, 4) is 0 Å². The average molecular weight is 370 g/mol. The minimum absolute atomic E-state index is 0.610. The first-order valence-electron chi connectivity index (χ1n) is 11.2. The third kappa shape index (κ3) is 7.70. The Bertz CT molecular complexity index is 345. The van der Waals surface area contributed by atoms with Gasteiger partial charge in [0.25, 0.3) is 0 Å². The molecule has 1 aliphatic heterocycles. The standard InChI is InChI=1S/C21H43NO2Si/c1-4-23-24-25(2,3)21-17-13-8-6-5-7-9-14-18-22(21)19-20-15-11-10-12-16-20/h20-21H,4-19H2,1-3H3. The van der Waals surface area contributed by atoms with Gasteiger partial charge in [0.05, 0.1) is 6.61 Å². The van der Waals surface area contributed by atoms with Crippen LogP contribution in [-0.4, -0.2) is 38.6 Å². The maximum absolute atomic E-state index is 6.03. The van der Waals surface area contributed by atoms with Crippen molar-refractivity contribution in [2.45, 2.75) is 109 Å². The molecule has 1 saturated carbocycles. The summed E-state index contributed by atoms with van der Waals surface area (Å²) >= 11 is 0. The summed E-state index contributed by atoms with van der Waals surface area (Å²) in [5.41, 5.74) is 0.610. The number of hydrogen-bond acceptors (Lipinski definition) is 3. The summed E-state index contributed by atoms with van der Waals surface area (Å²) in [6.45, 7) is 10.0. The zero-order valence-electron chi connectivity index (χ0n) is 17.2. The first kappa shape index (κ1) is 21.4. The second-order valence-corrected chi connectivity index (χ2v) is 12.9. The average Bonchev–Trinajstić information content (AvgIpc) is 2.66. The van der Waals surface area contributed by atoms with Crippen LogP contribution >= 0.6 is 0 Å². The molecule has 0 bridgehead atoms. The lowest BCUT2D eigenvalue weighted by Gasteiger charge is -2.41. The normalized spacial score (nSPS) is 26.3. The van der Waals surface area contributed by atoms with Gasteiger partial charge >= 0.3 is 0 Å². The van der Waals surface area contributed by atoms with E-state index in [9.17, 15) is 0 Å². The van der Waals surface area contributed by atoms with Gasteiger partial charge in [0.15, 0.2) is 0 Å². The van der Waals surface area contributed by atoms with Crippen molar-refractivity contribution < 1.29 is 9.46 Å². The van der Waals surface area contributed by atoms with Crippen LogP contribution in [-0.2, 0) is 9.46 Å². The van der Waals surface area contributed by atoms with E-state index in [2.05, 4.69) is 18.0 Å². The topological polar surface area (TPSA) is 21.7 Å². The lowest BCUT2D eigenvalue weighted by atomic mass is 9.89. The molecule has 0 aromatic rings. The molecule has 1 aliphatic carbocycles. The molecule has 1 atom stereocenters. The fourth-order valence-electron chi connectivity index (χ4n) is 4.85.